The lowest BCUT2D eigenvalue weighted by molar-refractivity contribution is -0.238. The van der Waals surface area contributed by atoms with Crippen LogP contribution in [-0.2, 0) is 13.0 Å². The average Bonchev–Trinajstić information content (AvgIpc) is 2.67. The predicted octanol–water partition coefficient (Wildman–Crippen LogP) is 2.74. The van der Waals surface area contributed by atoms with Gasteiger partial charge in [-0.25, -0.2) is 4.79 Å². The van der Waals surface area contributed by atoms with Gasteiger partial charge in [0.05, 0.1) is 11.8 Å². The van der Waals surface area contributed by atoms with Crippen molar-refractivity contribution in [2.24, 2.45) is 28.1 Å². The van der Waals surface area contributed by atoms with E-state index in [1.807, 2.05) is 0 Å². The lowest BCUT2D eigenvalue weighted by Crippen LogP contribution is -2.68. The van der Waals surface area contributed by atoms with Crippen molar-refractivity contribution in [1.29, 1.82) is 0 Å². The summed E-state index contributed by atoms with van der Waals surface area (Å²) in [5.41, 5.74) is -1.76. The van der Waals surface area contributed by atoms with Crippen LogP contribution in [0.5, 0.6) is 0 Å². The fraction of sp³-hybridized carbons (Fsp3) is 0.565. The van der Waals surface area contributed by atoms with Gasteiger partial charge in [-0.05, 0) is 40.6 Å². The molecule has 3 rings (SSSR count). The monoisotopic (exact) mass is 431 g/mol. The molecule has 1 aliphatic rings. The van der Waals surface area contributed by atoms with Crippen LogP contribution in [0.15, 0.2) is 32.6 Å². The molecule has 0 radical (unpaired) electrons. The van der Waals surface area contributed by atoms with Crippen molar-refractivity contribution < 1.29 is 9.18 Å². The molecule has 1 aliphatic carbocycles. The van der Waals surface area contributed by atoms with Crippen molar-refractivity contribution >= 4 is 6.29 Å². The third-order valence-corrected chi connectivity index (χ3v) is 8.32. The number of aromatic nitrogens is 3. The van der Waals surface area contributed by atoms with E-state index in [4.69, 9.17) is 0 Å². The number of halogens is 1. The van der Waals surface area contributed by atoms with Crippen LogP contribution in [0.2, 0.25) is 0 Å². The Morgan fingerprint density at radius 3 is 2.32 bits per heavy atom. The molecule has 0 saturated heterocycles. The number of hydrogen-bond acceptors (Lipinski definition) is 4. The van der Waals surface area contributed by atoms with Gasteiger partial charge in [0.1, 0.15) is 0 Å². The number of hydrogen-bond donors (Lipinski definition) is 2. The lowest BCUT2D eigenvalue weighted by Gasteiger charge is -2.71. The van der Waals surface area contributed by atoms with E-state index in [0.29, 0.717) is 18.3 Å². The summed E-state index contributed by atoms with van der Waals surface area (Å²) < 4.78 is 15.3. The van der Waals surface area contributed by atoms with Crippen LogP contribution in [0.25, 0.3) is 0 Å². The molecule has 1 fully saturated rings. The van der Waals surface area contributed by atoms with Gasteiger partial charge in [-0.3, -0.25) is 23.9 Å². The van der Waals surface area contributed by atoms with Crippen LogP contribution >= 0.6 is 0 Å². The van der Waals surface area contributed by atoms with Crippen molar-refractivity contribution in [3.05, 3.63) is 66.6 Å². The van der Waals surface area contributed by atoms with Crippen LogP contribution in [0, 0.1) is 34.0 Å². The highest BCUT2D eigenvalue weighted by Crippen LogP contribution is 2.71. The maximum absolute atomic E-state index is 14.3. The molecule has 31 heavy (non-hydrogen) atoms. The maximum atomic E-state index is 14.3. The summed E-state index contributed by atoms with van der Waals surface area (Å²) in [4.78, 5) is 51.6. The molecule has 0 bridgehead atoms. The molecule has 0 aliphatic heterocycles. The number of nitrogens with one attached hydrogen (secondary N) is 2. The first kappa shape index (κ1) is 22.9. The van der Waals surface area contributed by atoms with Crippen molar-refractivity contribution in [3.63, 3.8) is 0 Å². The highest BCUT2D eigenvalue weighted by atomic mass is 19.1. The first-order valence-electron chi connectivity index (χ1n) is 10.4. The molecule has 2 heterocycles. The summed E-state index contributed by atoms with van der Waals surface area (Å²) in [6.45, 7) is 12.9. The molecule has 7 nitrogen and oxygen atoms in total. The summed E-state index contributed by atoms with van der Waals surface area (Å²) in [7, 11) is 0. The fourth-order valence-electron chi connectivity index (χ4n) is 6.02. The molecule has 0 aromatic carbocycles. The Kier molecular flexibility index (Phi) is 5.49. The maximum Gasteiger partial charge on any atom is 0.330 e. The molecule has 0 spiro atoms. The summed E-state index contributed by atoms with van der Waals surface area (Å²) in [5, 5.41) is 0. The summed E-state index contributed by atoms with van der Waals surface area (Å²) >= 11 is 0. The van der Waals surface area contributed by atoms with E-state index in [1.54, 1.807) is 12.1 Å². The van der Waals surface area contributed by atoms with Crippen molar-refractivity contribution in [2.75, 3.05) is 0 Å². The molecule has 1 saturated carbocycles. The molecule has 2 aromatic rings. The highest BCUT2D eigenvalue weighted by Gasteiger charge is 2.67. The second-order valence-corrected chi connectivity index (χ2v) is 10.1. The number of rotatable bonds is 6. The molecular formula is C23H30FN3O4. The van der Waals surface area contributed by atoms with Crippen LogP contribution < -0.4 is 16.8 Å². The summed E-state index contributed by atoms with van der Waals surface area (Å²) in [6, 6.07) is 4.08. The second-order valence-electron chi connectivity index (χ2n) is 10.1. The van der Waals surface area contributed by atoms with Crippen molar-refractivity contribution in [2.45, 2.75) is 54.5 Å². The first-order chi connectivity index (χ1) is 14.3. The Bertz CT molecular complexity index is 1190. The molecule has 2 aromatic heterocycles. The topological polar surface area (TPSA) is 105 Å². The molecular weight excluding hydrogens is 401 g/mol. The van der Waals surface area contributed by atoms with Crippen LogP contribution in [0.4, 0.5) is 4.39 Å². The number of H-pyrrole nitrogens is 2. The minimum atomic E-state index is -0.841. The normalized spacial score (nSPS) is 25.1. The van der Waals surface area contributed by atoms with Gasteiger partial charge in [-0.15, -0.1) is 0 Å². The second kappa shape index (κ2) is 7.43. The van der Waals surface area contributed by atoms with Gasteiger partial charge in [0.25, 0.3) is 11.1 Å². The van der Waals surface area contributed by atoms with Gasteiger partial charge in [-0.2, -0.15) is 4.39 Å². The minimum absolute atomic E-state index is 0.00870. The van der Waals surface area contributed by atoms with E-state index in [-0.39, 0.29) is 45.9 Å². The van der Waals surface area contributed by atoms with Gasteiger partial charge in [0.2, 0.25) is 5.95 Å². The Hall–Kier alpha value is -2.77. The minimum Gasteiger partial charge on any atom is -0.319 e. The molecule has 8 heteroatoms. The van der Waals surface area contributed by atoms with E-state index >= 15 is 0 Å². The van der Waals surface area contributed by atoms with Crippen molar-refractivity contribution in [1.82, 2.24) is 14.5 Å². The Labute approximate surface area is 179 Å². The first-order valence-corrected chi connectivity index (χ1v) is 10.4. The van der Waals surface area contributed by atoms with E-state index in [2.05, 4.69) is 51.5 Å². The van der Waals surface area contributed by atoms with Gasteiger partial charge in [0.15, 0.2) is 6.29 Å². The molecule has 3 atom stereocenters. The summed E-state index contributed by atoms with van der Waals surface area (Å²) in [6.07, 6.45) is 1.11. The average molecular weight is 432 g/mol. The number of nitrogens with zero attached hydrogens (tertiary/aromatic N) is 1. The fourth-order valence-corrected chi connectivity index (χ4v) is 6.02. The predicted molar refractivity (Wildman–Crippen MR) is 116 cm³/mol. The van der Waals surface area contributed by atoms with Crippen LogP contribution in [0.1, 0.15) is 57.6 Å². The Morgan fingerprint density at radius 1 is 1.16 bits per heavy atom. The van der Waals surface area contributed by atoms with Gasteiger partial charge >= 0.3 is 5.69 Å². The lowest BCUT2D eigenvalue weighted by atomic mass is 9.33. The van der Waals surface area contributed by atoms with E-state index < -0.39 is 17.2 Å². The Morgan fingerprint density at radius 2 is 1.81 bits per heavy atom. The molecule has 0 amide bonds. The van der Waals surface area contributed by atoms with Crippen LogP contribution in [-0.4, -0.2) is 20.8 Å². The Balaban J connectivity index is 1.92. The van der Waals surface area contributed by atoms with Crippen LogP contribution in [0.3, 0.4) is 0 Å². The molecule has 2 unspecified atom stereocenters. The third-order valence-electron chi connectivity index (χ3n) is 8.32. The quantitative estimate of drug-likeness (QED) is 0.542. The zero-order valence-corrected chi connectivity index (χ0v) is 18.8. The van der Waals surface area contributed by atoms with E-state index in [9.17, 15) is 23.6 Å². The van der Waals surface area contributed by atoms with Crippen molar-refractivity contribution in [3.8, 4) is 0 Å². The zero-order chi connectivity index (χ0) is 23.4. The zero-order valence-electron chi connectivity index (χ0n) is 18.8. The number of aldehydes is 1. The largest absolute Gasteiger partial charge is 0.330 e. The molecule has 168 valence electrons. The number of aromatic amines is 2. The van der Waals surface area contributed by atoms with Gasteiger partial charge in [-0.1, -0.05) is 47.6 Å². The number of carbonyl (C=O) groups is 1. The number of pyridine rings is 1. The van der Waals surface area contributed by atoms with E-state index in [0.717, 1.165) is 10.6 Å². The SMILES string of the molecule is CC1C(Cn2c(F)cc(=O)[nH]c2=O)C(C)(C)[C@@]1(C)C(C)(C)Cc1ccc(C=O)[nH]c1=O. The summed E-state index contributed by atoms with van der Waals surface area (Å²) in [5.74, 6) is -0.735. The third kappa shape index (κ3) is 3.42. The van der Waals surface area contributed by atoms with Gasteiger partial charge in [0, 0.05) is 12.1 Å². The number of carbonyl (C=O) groups excluding carboxylic acids is 1. The highest BCUT2D eigenvalue weighted by molar-refractivity contribution is 5.71. The van der Waals surface area contributed by atoms with Gasteiger partial charge < -0.3 is 4.98 Å². The standard InChI is InChI=1S/C23H30FN3O4/c1-13-16(11-27-17(24)9-18(29)26-20(27)31)22(4,5)23(13,6)21(2,3)10-14-7-8-15(12-28)25-19(14)30/h7-9,12-13,16H,10-11H2,1-6H3,(H,25,30)(H,26,29,31)/t13?,16?,23-/m1/s1. The van der Waals surface area contributed by atoms with E-state index in [1.165, 1.54) is 0 Å². The smallest absolute Gasteiger partial charge is 0.319 e. The molecule has 2 N–H and O–H groups in total.